The van der Waals surface area contributed by atoms with Gasteiger partial charge < -0.3 is 9.32 Å². The molecule has 2 heteroatoms. The number of anilines is 3. The van der Waals surface area contributed by atoms with Crippen LogP contribution in [0.1, 0.15) is 0 Å². The van der Waals surface area contributed by atoms with Gasteiger partial charge in [-0.1, -0.05) is 109 Å². The molecule has 0 bridgehead atoms. The van der Waals surface area contributed by atoms with Crippen LogP contribution in [0.3, 0.4) is 0 Å². The number of para-hydroxylation sites is 1. The molecular weight excluding hydrogens is 558 g/mol. The Morgan fingerprint density at radius 1 is 0.304 bits per heavy atom. The molecule has 0 aliphatic rings. The van der Waals surface area contributed by atoms with E-state index in [1.807, 2.05) is 0 Å². The Hall–Kier alpha value is -6.12. The molecule has 0 radical (unpaired) electrons. The third-order valence-electron chi connectivity index (χ3n) is 9.02. The molecule has 216 valence electrons. The number of fused-ring (bicyclic) bond motifs is 5. The topological polar surface area (TPSA) is 16.4 Å². The standard InChI is InChI=1S/C44H29NO/c1-2-12-38(13-3-1)45(39-21-16-31(17-22-39)36-15-14-30-8-4-5-9-33(30)26-36)40-23-18-32(19-24-40)37-20-25-43-41(28-37)42-27-34-10-6-7-11-35(34)29-44(42)46-43/h1-29H. The fourth-order valence-corrected chi connectivity index (χ4v) is 6.64. The monoisotopic (exact) mass is 587 g/mol. The van der Waals surface area contributed by atoms with Crippen molar-refractivity contribution in [1.29, 1.82) is 0 Å². The fraction of sp³-hybridized carbons (Fsp3) is 0. The van der Waals surface area contributed by atoms with Crippen molar-refractivity contribution in [3.8, 4) is 22.3 Å². The van der Waals surface area contributed by atoms with Crippen molar-refractivity contribution < 1.29 is 4.42 Å². The molecular formula is C44H29NO. The number of nitrogens with zero attached hydrogens (tertiary/aromatic N) is 1. The molecule has 0 aliphatic carbocycles. The number of furan rings is 1. The Morgan fingerprint density at radius 3 is 1.46 bits per heavy atom. The van der Waals surface area contributed by atoms with Crippen LogP contribution in [-0.2, 0) is 0 Å². The Kier molecular flexibility index (Phi) is 6.17. The maximum Gasteiger partial charge on any atom is 0.136 e. The van der Waals surface area contributed by atoms with Gasteiger partial charge in [0, 0.05) is 27.8 Å². The first-order valence-electron chi connectivity index (χ1n) is 15.7. The summed E-state index contributed by atoms with van der Waals surface area (Å²) in [7, 11) is 0. The molecule has 0 spiro atoms. The summed E-state index contributed by atoms with van der Waals surface area (Å²) in [5, 5.41) is 7.21. The smallest absolute Gasteiger partial charge is 0.136 e. The van der Waals surface area contributed by atoms with E-state index in [0.29, 0.717) is 0 Å². The Bertz CT molecular complexity index is 2510. The van der Waals surface area contributed by atoms with E-state index >= 15 is 0 Å². The zero-order chi connectivity index (χ0) is 30.5. The van der Waals surface area contributed by atoms with E-state index in [-0.39, 0.29) is 0 Å². The van der Waals surface area contributed by atoms with E-state index < -0.39 is 0 Å². The number of rotatable bonds is 5. The average Bonchev–Trinajstić information content (AvgIpc) is 3.48. The molecule has 0 fully saturated rings. The molecule has 2 nitrogen and oxygen atoms in total. The van der Waals surface area contributed by atoms with Crippen LogP contribution in [0.5, 0.6) is 0 Å². The van der Waals surface area contributed by atoms with Crippen LogP contribution in [0, 0.1) is 0 Å². The summed E-state index contributed by atoms with van der Waals surface area (Å²) in [6.07, 6.45) is 0. The van der Waals surface area contributed by atoms with Crippen LogP contribution in [-0.4, -0.2) is 0 Å². The number of hydrogen-bond donors (Lipinski definition) is 0. The lowest BCUT2D eigenvalue weighted by atomic mass is 10.0. The lowest BCUT2D eigenvalue weighted by Gasteiger charge is -2.26. The SMILES string of the molecule is c1ccc(N(c2ccc(-c3ccc4ccccc4c3)cc2)c2ccc(-c3ccc4oc5cc6ccccc6cc5c4c3)cc2)cc1. The molecule has 8 aromatic carbocycles. The van der Waals surface area contributed by atoms with Crippen molar-refractivity contribution in [3.63, 3.8) is 0 Å². The van der Waals surface area contributed by atoms with Crippen molar-refractivity contribution in [2.24, 2.45) is 0 Å². The molecule has 46 heavy (non-hydrogen) atoms. The van der Waals surface area contributed by atoms with Gasteiger partial charge in [-0.15, -0.1) is 0 Å². The van der Waals surface area contributed by atoms with Gasteiger partial charge in [0.25, 0.3) is 0 Å². The number of hydrogen-bond acceptors (Lipinski definition) is 2. The zero-order valence-corrected chi connectivity index (χ0v) is 25.1. The van der Waals surface area contributed by atoms with Gasteiger partial charge in [0.1, 0.15) is 11.2 Å². The van der Waals surface area contributed by atoms with Crippen LogP contribution >= 0.6 is 0 Å². The maximum absolute atomic E-state index is 6.25. The molecule has 0 aliphatic heterocycles. The molecule has 0 atom stereocenters. The summed E-state index contributed by atoms with van der Waals surface area (Å²) in [5.74, 6) is 0. The molecule has 9 rings (SSSR count). The lowest BCUT2D eigenvalue weighted by molar-refractivity contribution is 0.669. The van der Waals surface area contributed by atoms with E-state index in [1.165, 1.54) is 43.8 Å². The highest BCUT2D eigenvalue weighted by atomic mass is 16.3. The first kappa shape index (κ1) is 26.3. The molecule has 0 saturated heterocycles. The van der Waals surface area contributed by atoms with Gasteiger partial charge in [0.2, 0.25) is 0 Å². The van der Waals surface area contributed by atoms with E-state index in [9.17, 15) is 0 Å². The molecule has 0 unspecified atom stereocenters. The summed E-state index contributed by atoms with van der Waals surface area (Å²) < 4.78 is 6.25. The second-order valence-electron chi connectivity index (χ2n) is 11.8. The van der Waals surface area contributed by atoms with Crippen LogP contribution in [0.2, 0.25) is 0 Å². The molecule has 0 saturated carbocycles. The van der Waals surface area contributed by atoms with Gasteiger partial charge in [-0.05, 0) is 111 Å². The van der Waals surface area contributed by atoms with E-state index in [4.69, 9.17) is 4.42 Å². The zero-order valence-electron chi connectivity index (χ0n) is 25.1. The minimum absolute atomic E-state index is 0.910. The third kappa shape index (κ3) is 4.60. The first-order chi connectivity index (χ1) is 22.8. The quantitative estimate of drug-likeness (QED) is 0.199. The maximum atomic E-state index is 6.25. The van der Waals surface area contributed by atoms with Crippen molar-refractivity contribution >= 4 is 60.5 Å². The summed E-state index contributed by atoms with van der Waals surface area (Å²) >= 11 is 0. The van der Waals surface area contributed by atoms with Crippen LogP contribution < -0.4 is 4.90 Å². The fourth-order valence-electron chi connectivity index (χ4n) is 6.64. The second kappa shape index (κ2) is 10.8. The predicted molar refractivity (Wildman–Crippen MR) is 194 cm³/mol. The average molecular weight is 588 g/mol. The largest absolute Gasteiger partial charge is 0.456 e. The summed E-state index contributed by atoms with van der Waals surface area (Å²) in [6, 6.07) is 62.8. The van der Waals surface area contributed by atoms with Gasteiger partial charge >= 0.3 is 0 Å². The highest BCUT2D eigenvalue weighted by molar-refractivity contribution is 6.11. The summed E-state index contributed by atoms with van der Waals surface area (Å²) in [4.78, 5) is 2.31. The third-order valence-corrected chi connectivity index (χ3v) is 9.02. The van der Waals surface area contributed by atoms with Crippen molar-refractivity contribution in [3.05, 3.63) is 176 Å². The Morgan fingerprint density at radius 2 is 0.783 bits per heavy atom. The van der Waals surface area contributed by atoms with Gasteiger partial charge in [-0.3, -0.25) is 0 Å². The molecule has 0 N–H and O–H groups in total. The first-order valence-corrected chi connectivity index (χ1v) is 15.7. The Labute approximate surface area is 267 Å². The molecule has 0 amide bonds. The summed E-state index contributed by atoms with van der Waals surface area (Å²) in [5.41, 5.74) is 9.93. The van der Waals surface area contributed by atoms with Crippen LogP contribution in [0.25, 0.3) is 65.7 Å². The minimum Gasteiger partial charge on any atom is -0.456 e. The van der Waals surface area contributed by atoms with Crippen molar-refractivity contribution in [2.45, 2.75) is 0 Å². The molecule has 1 aromatic heterocycles. The van der Waals surface area contributed by atoms with E-state index in [0.717, 1.165) is 39.0 Å². The van der Waals surface area contributed by atoms with Gasteiger partial charge in [0.05, 0.1) is 0 Å². The van der Waals surface area contributed by atoms with E-state index in [1.54, 1.807) is 0 Å². The normalized spacial score (nSPS) is 11.5. The van der Waals surface area contributed by atoms with Gasteiger partial charge in [0.15, 0.2) is 0 Å². The van der Waals surface area contributed by atoms with Crippen molar-refractivity contribution in [2.75, 3.05) is 4.90 Å². The van der Waals surface area contributed by atoms with Crippen molar-refractivity contribution in [1.82, 2.24) is 0 Å². The second-order valence-corrected chi connectivity index (χ2v) is 11.8. The Balaban J connectivity index is 1.07. The molecule has 9 aromatic rings. The minimum atomic E-state index is 0.910. The van der Waals surface area contributed by atoms with Gasteiger partial charge in [-0.25, -0.2) is 0 Å². The number of benzene rings is 8. The lowest BCUT2D eigenvalue weighted by Crippen LogP contribution is -2.09. The molecule has 1 heterocycles. The highest BCUT2D eigenvalue weighted by Gasteiger charge is 2.14. The van der Waals surface area contributed by atoms with Gasteiger partial charge in [-0.2, -0.15) is 0 Å². The van der Waals surface area contributed by atoms with Crippen LogP contribution in [0.4, 0.5) is 17.1 Å². The highest BCUT2D eigenvalue weighted by Crippen LogP contribution is 2.38. The van der Waals surface area contributed by atoms with Crippen LogP contribution in [0.15, 0.2) is 180 Å². The summed E-state index contributed by atoms with van der Waals surface area (Å²) in [6.45, 7) is 0. The van der Waals surface area contributed by atoms with E-state index in [2.05, 4.69) is 181 Å². The predicted octanol–water partition coefficient (Wildman–Crippen LogP) is 12.7.